The summed E-state index contributed by atoms with van der Waals surface area (Å²) in [6, 6.07) is 2.50. The summed E-state index contributed by atoms with van der Waals surface area (Å²) >= 11 is 3.55. The molecular formula is C11H14N2S2. The van der Waals surface area contributed by atoms with Gasteiger partial charge in [-0.2, -0.15) is 0 Å². The Morgan fingerprint density at radius 2 is 2.20 bits per heavy atom. The van der Waals surface area contributed by atoms with Gasteiger partial charge in [-0.15, -0.1) is 22.7 Å². The number of hydrogen-bond acceptors (Lipinski definition) is 4. The Bertz CT molecular complexity index is 431. The minimum absolute atomic E-state index is 0.245. The number of nitrogens with zero attached hydrogens (tertiary/aromatic N) is 1. The van der Waals surface area contributed by atoms with E-state index in [9.17, 15) is 0 Å². The molecule has 0 spiro atoms. The third kappa shape index (κ3) is 2.12. The van der Waals surface area contributed by atoms with E-state index in [0.29, 0.717) is 0 Å². The highest BCUT2D eigenvalue weighted by atomic mass is 32.1. The quantitative estimate of drug-likeness (QED) is 0.888. The Balaban J connectivity index is 2.39. The van der Waals surface area contributed by atoms with Crippen molar-refractivity contribution in [3.63, 3.8) is 0 Å². The van der Waals surface area contributed by atoms with Crippen molar-refractivity contribution in [2.24, 2.45) is 0 Å². The average molecular weight is 238 g/mol. The van der Waals surface area contributed by atoms with Gasteiger partial charge in [0.1, 0.15) is 5.01 Å². The van der Waals surface area contributed by atoms with Gasteiger partial charge in [0.15, 0.2) is 0 Å². The Labute approximate surface area is 98.0 Å². The van der Waals surface area contributed by atoms with Crippen molar-refractivity contribution < 1.29 is 0 Å². The molecule has 0 amide bonds. The standard InChI is InChI=1S/C11H14N2S2/c1-7-6-9(8(2)15-7)10(12-3)11-13-4-5-14-11/h4-6,10,12H,1-3H3. The van der Waals surface area contributed by atoms with Crippen molar-refractivity contribution >= 4 is 22.7 Å². The normalized spacial score (nSPS) is 13.0. The molecule has 2 aromatic heterocycles. The molecule has 0 saturated carbocycles. The van der Waals surface area contributed by atoms with Crippen molar-refractivity contribution in [1.29, 1.82) is 0 Å². The molecule has 0 aliphatic heterocycles. The predicted molar refractivity (Wildman–Crippen MR) is 66.8 cm³/mol. The van der Waals surface area contributed by atoms with Crippen molar-refractivity contribution in [1.82, 2.24) is 10.3 Å². The molecule has 1 atom stereocenters. The summed E-state index contributed by atoms with van der Waals surface area (Å²) in [5.74, 6) is 0. The first kappa shape index (κ1) is 10.8. The van der Waals surface area contributed by atoms with Gasteiger partial charge in [-0.05, 0) is 32.5 Å². The number of thiophene rings is 1. The monoisotopic (exact) mass is 238 g/mol. The van der Waals surface area contributed by atoms with Crippen LogP contribution < -0.4 is 5.32 Å². The van der Waals surface area contributed by atoms with E-state index in [-0.39, 0.29) is 6.04 Å². The minimum atomic E-state index is 0.245. The number of thiazole rings is 1. The molecule has 0 aliphatic rings. The van der Waals surface area contributed by atoms with Crippen LogP contribution in [0.25, 0.3) is 0 Å². The molecule has 0 aliphatic carbocycles. The van der Waals surface area contributed by atoms with Gasteiger partial charge in [0, 0.05) is 21.3 Å². The second kappa shape index (κ2) is 4.43. The van der Waals surface area contributed by atoms with E-state index in [1.165, 1.54) is 15.3 Å². The SMILES string of the molecule is CNC(c1nccs1)c1cc(C)sc1C. The van der Waals surface area contributed by atoms with Gasteiger partial charge < -0.3 is 5.32 Å². The summed E-state index contributed by atoms with van der Waals surface area (Å²) in [5.41, 5.74) is 1.36. The fraction of sp³-hybridized carbons (Fsp3) is 0.364. The zero-order chi connectivity index (χ0) is 10.8. The Morgan fingerprint density at radius 1 is 1.40 bits per heavy atom. The van der Waals surface area contributed by atoms with Crippen LogP contribution in [0.1, 0.15) is 26.4 Å². The third-order valence-corrected chi connectivity index (χ3v) is 4.20. The molecule has 2 rings (SSSR count). The van der Waals surface area contributed by atoms with Crippen LogP contribution >= 0.6 is 22.7 Å². The summed E-state index contributed by atoms with van der Waals surface area (Å²) in [5, 5.41) is 6.49. The van der Waals surface area contributed by atoms with Crippen LogP contribution in [-0.2, 0) is 0 Å². The van der Waals surface area contributed by atoms with Crippen LogP contribution in [0.2, 0.25) is 0 Å². The van der Waals surface area contributed by atoms with Crippen LogP contribution in [0.15, 0.2) is 17.6 Å². The maximum Gasteiger partial charge on any atom is 0.114 e. The molecule has 2 aromatic rings. The van der Waals surface area contributed by atoms with Crippen molar-refractivity contribution in [3.05, 3.63) is 38.0 Å². The first-order chi connectivity index (χ1) is 7.22. The molecule has 1 unspecified atom stereocenters. The molecule has 2 heterocycles. The van der Waals surface area contributed by atoms with Gasteiger partial charge in [-0.25, -0.2) is 4.98 Å². The van der Waals surface area contributed by atoms with Gasteiger partial charge in [-0.3, -0.25) is 0 Å². The van der Waals surface area contributed by atoms with E-state index in [0.717, 1.165) is 5.01 Å². The van der Waals surface area contributed by atoms with Crippen LogP contribution in [0.5, 0.6) is 0 Å². The number of nitrogens with one attached hydrogen (secondary N) is 1. The lowest BCUT2D eigenvalue weighted by atomic mass is 10.1. The molecule has 1 N–H and O–H groups in total. The van der Waals surface area contributed by atoms with Gasteiger partial charge in [0.25, 0.3) is 0 Å². The van der Waals surface area contributed by atoms with Gasteiger partial charge in [0.05, 0.1) is 6.04 Å². The molecule has 0 fully saturated rings. The molecule has 0 aromatic carbocycles. The predicted octanol–water partition coefficient (Wildman–Crippen LogP) is 3.13. The van der Waals surface area contributed by atoms with Crippen molar-refractivity contribution in [3.8, 4) is 0 Å². The Morgan fingerprint density at radius 3 is 2.67 bits per heavy atom. The molecule has 15 heavy (non-hydrogen) atoms. The second-order valence-corrected chi connectivity index (χ2v) is 5.85. The highest BCUT2D eigenvalue weighted by Gasteiger charge is 2.18. The van der Waals surface area contributed by atoms with Crippen LogP contribution in [0, 0.1) is 13.8 Å². The summed E-state index contributed by atoms with van der Waals surface area (Å²) in [6.07, 6.45) is 1.86. The molecule has 0 saturated heterocycles. The summed E-state index contributed by atoms with van der Waals surface area (Å²) in [6.45, 7) is 4.32. The van der Waals surface area contributed by atoms with E-state index < -0.39 is 0 Å². The lowest BCUT2D eigenvalue weighted by molar-refractivity contribution is 0.685. The third-order valence-electron chi connectivity index (χ3n) is 2.38. The maximum absolute atomic E-state index is 4.37. The molecule has 4 heteroatoms. The van der Waals surface area contributed by atoms with Gasteiger partial charge in [0.2, 0.25) is 0 Å². The van der Waals surface area contributed by atoms with Crippen molar-refractivity contribution in [2.45, 2.75) is 19.9 Å². The first-order valence-electron chi connectivity index (χ1n) is 4.86. The lowest BCUT2D eigenvalue weighted by Gasteiger charge is -2.12. The van der Waals surface area contributed by atoms with E-state index in [2.05, 4.69) is 30.2 Å². The van der Waals surface area contributed by atoms with E-state index in [1.807, 2.05) is 30.0 Å². The van der Waals surface area contributed by atoms with E-state index in [1.54, 1.807) is 11.3 Å². The smallest absolute Gasteiger partial charge is 0.114 e. The second-order valence-electron chi connectivity index (χ2n) is 3.46. The fourth-order valence-corrected chi connectivity index (χ4v) is 3.45. The molecule has 0 radical (unpaired) electrons. The molecule has 80 valence electrons. The molecule has 0 bridgehead atoms. The number of hydrogen-bond donors (Lipinski definition) is 1. The summed E-state index contributed by atoms with van der Waals surface area (Å²) in [7, 11) is 1.98. The fourth-order valence-electron chi connectivity index (χ4n) is 1.73. The topological polar surface area (TPSA) is 24.9 Å². The number of rotatable bonds is 3. The van der Waals surface area contributed by atoms with E-state index >= 15 is 0 Å². The largest absolute Gasteiger partial charge is 0.307 e. The van der Waals surface area contributed by atoms with Gasteiger partial charge in [-0.1, -0.05) is 0 Å². The van der Waals surface area contributed by atoms with Crippen molar-refractivity contribution in [2.75, 3.05) is 7.05 Å². The summed E-state index contributed by atoms with van der Waals surface area (Å²) < 4.78 is 0. The molecular weight excluding hydrogens is 224 g/mol. The van der Waals surface area contributed by atoms with Gasteiger partial charge >= 0.3 is 0 Å². The van der Waals surface area contributed by atoms with E-state index in [4.69, 9.17) is 0 Å². The van der Waals surface area contributed by atoms with Crippen LogP contribution in [0.3, 0.4) is 0 Å². The first-order valence-corrected chi connectivity index (χ1v) is 6.55. The number of aromatic nitrogens is 1. The lowest BCUT2D eigenvalue weighted by Crippen LogP contribution is -2.17. The number of aryl methyl sites for hydroxylation is 2. The van der Waals surface area contributed by atoms with Crippen LogP contribution in [0.4, 0.5) is 0 Å². The average Bonchev–Trinajstić information content (AvgIpc) is 2.79. The highest BCUT2D eigenvalue weighted by molar-refractivity contribution is 7.12. The zero-order valence-corrected chi connectivity index (χ0v) is 10.7. The zero-order valence-electron chi connectivity index (χ0n) is 9.07. The summed E-state index contributed by atoms with van der Waals surface area (Å²) in [4.78, 5) is 7.11. The Kier molecular flexibility index (Phi) is 3.19. The highest BCUT2D eigenvalue weighted by Crippen LogP contribution is 2.31. The molecule has 2 nitrogen and oxygen atoms in total. The van der Waals surface area contributed by atoms with Crippen LogP contribution in [-0.4, -0.2) is 12.0 Å². The Hall–Kier alpha value is -0.710. The maximum atomic E-state index is 4.37. The minimum Gasteiger partial charge on any atom is -0.307 e.